The average Bonchev–Trinajstić information content (AvgIpc) is 2.69. The fraction of sp³-hybridized carbons (Fsp3) is 0.259. The largest absolute Gasteiger partial charge is 0.378 e. The standard InChI is InChI=1S/C27H29N/c1-18-13-16-26(20(3)17-18)28-21(4)27-24-12-8-6-10-22(24)14-15-25(27)23-11-7-5-9-19(23)2/h5,7,9-17,21,28H,6,8H2,1-4H3. The summed E-state index contributed by atoms with van der Waals surface area (Å²) in [6, 6.07) is 20.2. The number of rotatable bonds is 4. The molecule has 1 aliphatic carbocycles. The summed E-state index contributed by atoms with van der Waals surface area (Å²) in [5, 5.41) is 6.57. The molecule has 1 heteroatoms. The maximum atomic E-state index is 3.80. The molecule has 0 aliphatic heterocycles. The highest BCUT2D eigenvalue weighted by Crippen LogP contribution is 2.30. The van der Waals surface area contributed by atoms with Gasteiger partial charge in [-0.15, -0.1) is 0 Å². The van der Waals surface area contributed by atoms with Gasteiger partial charge in [-0.25, -0.2) is 0 Å². The molecule has 0 saturated carbocycles. The number of aryl methyl sites for hydroxylation is 3. The normalized spacial score (nSPS) is 13.9. The topological polar surface area (TPSA) is 12.0 Å². The van der Waals surface area contributed by atoms with E-state index in [0.29, 0.717) is 0 Å². The van der Waals surface area contributed by atoms with Crippen LogP contribution in [0.25, 0.3) is 23.3 Å². The summed E-state index contributed by atoms with van der Waals surface area (Å²) in [5.41, 5.74) is 9.21. The molecular weight excluding hydrogens is 338 g/mol. The molecule has 1 nitrogen and oxygen atoms in total. The summed E-state index contributed by atoms with van der Waals surface area (Å²) in [7, 11) is 0. The number of benzene rings is 3. The van der Waals surface area contributed by atoms with Crippen molar-refractivity contribution in [3.63, 3.8) is 0 Å². The Bertz CT molecular complexity index is 1140. The maximum Gasteiger partial charge on any atom is 0.0497 e. The quantitative estimate of drug-likeness (QED) is 0.614. The number of anilines is 1. The molecule has 4 rings (SSSR count). The van der Waals surface area contributed by atoms with Crippen LogP contribution in [0.1, 0.15) is 48.1 Å². The first-order valence-corrected chi connectivity index (χ1v) is 10.3. The lowest BCUT2D eigenvalue weighted by molar-refractivity contribution is 0.871. The molecule has 142 valence electrons. The summed E-state index contributed by atoms with van der Waals surface area (Å²) in [6.07, 6.45) is 7.06. The molecule has 0 amide bonds. The average molecular weight is 368 g/mol. The van der Waals surface area contributed by atoms with E-state index in [2.05, 4.69) is 99.8 Å². The van der Waals surface area contributed by atoms with E-state index in [9.17, 15) is 0 Å². The molecule has 3 aromatic rings. The van der Waals surface area contributed by atoms with Crippen LogP contribution in [0.5, 0.6) is 0 Å². The first-order chi connectivity index (χ1) is 13.5. The van der Waals surface area contributed by atoms with E-state index >= 15 is 0 Å². The molecule has 1 atom stereocenters. The molecule has 1 N–H and O–H groups in total. The maximum absolute atomic E-state index is 3.80. The molecule has 0 spiro atoms. The third-order valence-corrected chi connectivity index (χ3v) is 5.82. The SMILES string of the molecule is Cc1ccc(NC(C)c2c(-c3ccccc3C)ccc3c2=CCCC=3)c(C)c1. The number of nitrogens with one attached hydrogen (secondary N) is 1. The Balaban J connectivity index is 1.88. The van der Waals surface area contributed by atoms with Crippen molar-refractivity contribution in [3.05, 3.63) is 87.3 Å². The molecule has 28 heavy (non-hydrogen) atoms. The molecule has 0 aromatic heterocycles. The Labute approximate surface area is 168 Å². The minimum atomic E-state index is 0.216. The van der Waals surface area contributed by atoms with Crippen LogP contribution in [-0.2, 0) is 0 Å². The Morgan fingerprint density at radius 1 is 0.786 bits per heavy atom. The van der Waals surface area contributed by atoms with Gasteiger partial charge in [0.2, 0.25) is 0 Å². The fourth-order valence-corrected chi connectivity index (χ4v) is 4.38. The van der Waals surface area contributed by atoms with Gasteiger partial charge in [0, 0.05) is 11.7 Å². The molecule has 1 unspecified atom stereocenters. The van der Waals surface area contributed by atoms with Gasteiger partial charge >= 0.3 is 0 Å². The summed E-state index contributed by atoms with van der Waals surface area (Å²) < 4.78 is 0. The van der Waals surface area contributed by atoms with Crippen LogP contribution < -0.4 is 15.8 Å². The van der Waals surface area contributed by atoms with Gasteiger partial charge in [-0.3, -0.25) is 0 Å². The molecule has 0 saturated heterocycles. The summed E-state index contributed by atoms with van der Waals surface area (Å²) >= 11 is 0. The van der Waals surface area contributed by atoms with Crippen molar-refractivity contribution in [1.29, 1.82) is 0 Å². The number of hydrogen-bond donors (Lipinski definition) is 1. The van der Waals surface area contributed by atoms with Crippen LogP contribution in [0.3, 0.4) is 0 Å². The lowest BCUT2D eigenvalue weighted by Crippen LogP contribution is -2.33. The highest BCUT2D eigenvalue weighted by molar-refractivity contribution is 5.73. The van der Waals surface area contributed by atoms with Crippen molar-refractivity contribution >= 4 is 17.8 Å². The van der Waals surface area contributed by atoms with E-state index in [1.807, 2.05) is 0 Å². The van der Waals surface area contributed by atoms with Gasteiger partial charge in [-0.1, -0.05) is 66.2 Å². The van der Waals surface area contributed by atoms with Crippen LogP contribution in [0, 0.1) is 20.8 Å². The zero-order valence-corrected chi connectivity index (χ0v) is 17.3. The third kappa shape index (κ3) is 3.49. The van der Waals surface area contributed by atoms with Gasteiger partial charge in [0.05, 0.1) is 0 Å². The number of fused-ring (bicyclic) bond motifs is 1. The summed E-state index contributed by atoms with van der Waals surface area (Å²) in [5.74, 6) is 0. The second kappa shape index (κ2) is 7.67. The number of hydrogen-bond acceptors (Lipinski definition) is 1. The Kier molecular flexibility index (Phi) is 5.09. The highest BCUT2D eigenvalue weighted by Gasteiger charge is 2.17. The fourth-order valence-electron chi connectivity index (χ4n) is 4.38. The van der Waals surface area contributed by atoms with Crippen LogP contribution >= 0.6 is 0 Å². The second-order valence-electron chi connectivity index (χ2n) is 8.01. The molecule has 0 fully saturated rings. The minimum Gasteiger partial charge on any atom is -0.378 e. The van der Waals surface area contributed by atoms with E-state index in [1.54, 1.807) is 0 Å². The molecule has 3 aromatic carbocycles. The molecule has 0 bridgehead atoms. The van der Waals surface area contributed by atoms with Gasteiger partial charge in [0.15, 0.2) is 0 Å². The van der Waals surface area contributed by atoms with Crippen molar-refractivity contribution in [2.75, 3.05) is 5.32 Å². The molecular formula is C27H29N. The van der Waals surface area contributed by atoms with Crippen LogP contribution in [0.15, 0.2) is 54.6 Å². The Hall–Kier alpha value is -2.80. The highest BCUT2D eigenvalue weighted by atomic mass is 14.9. The predicted octanol–water partition coefficient (Wildman–Crippen LogP) is 5.81. The third-order valence-electron chi connectivity index (χ3n) is 5.82. The second-order valence-corrected chi connectivity index (χ2v) is 8.01. The lowest BCUT2D eigenvalue weighted by Gasteiger charge is -2.23. The zero-order valence-electron chi connectivity index (χ0n) is 17.3. The first-order valence-electron chi connectivity index (χ1n) is 10.3. The lowest BCUT2D eigenvalue weighted by atomic mass is 9.88. The Morgan fingerprint density at radius 2 is 1.57 bits per heavy atom. The van der Waals surface area contributed by atoms with Crippen molar-refractivity contribution in [2.45, 2.75) is 46.6 Å². The summed E-state index contributed by atoms with van der Waals surface area (Å²) in [6.45, 7) is 8.83. The van der Waals surface area contributed by atoms with E-state index < -0.39 is 0 Å². The predicted molar refractivity (Wildman–Crippen MR) is 122 cm³/mol. The van der Waals surface area contributed by atoms with E-state index in [1.165, 1.54) is 49.5 Å². The minimum absolute atomic E-state index is 0.216. The molecule has 0 radical (unpaired) electrons. The van der Waals surface area contributed by atoms with Crippen LogP contribution in [-0.4, -0.2) is 0 Å². The monoisotopic (exact) mass is 367 g/mol. The van der Waals surface area contributed by atoms with E-state index in [0.717, 1.165) is 12.8 Å². The van der Waals surface area contributed by atoms with Crippen molar-refractivity contribution in [2.24, 2.45) is 0 Å². The van der Waals surface area contributed by atoms with Gasteiger partial charge in [0.1, 0.15) is 0 Å². The van der Waals surface area contributed by atoms with E-state index in [4.69, 9.17) is 0 Å². The van der Waals surface area contributed by atoms with Crippen molar-refractivity contribution in [3.8, 4) is 11.1 Å². The molecule has 1 aliphatic rings. The summed E-state index contributed by atoms with van der Waals surface area (Å²) in [4.78, 5) is 0. The molecule has 0 heterocycles. The van der Waals surface area contributed by atoms with Crippen LogP contribution in [0.2, 0.25) is 0 Å². The smallest absolute Gasteiger partial charge is 0.0497 e. The van der Waals surface area contributed by atoms with Gasteiger partial charge in [-0.2, -0.15) is 0 Å². The zero-order chi connectivity index (χ0) is 19.7. The first kappa shape index (κ1) is 18.6. The van der Waals surface area contributed by atoms with Crippen LogP contribution in [0.4, 0.5) is 5.69 Å². The van der Waals surface area contributed by atoms with Gasteiger partial charge in [0.25, 0.3) is 0 Å². The van der Waals surface area contributed by atoms with E-state index in [-0.39, 0.29) is 6.04 Å². The van der Waals surface area contributed by atoms with Crippen molar-refractivity contribution < 1.29 is 0 Å². The van der Waals surface area contributed by atoms with Gasteiger partial charge in [-0.05, 0) is 84.9 Å². The van der Waals surface area contributed by atoms with Crippen molar-refractivity contribution in [1.82, 2.24) is 0 Å². The van der Waals surface area contributed by atoms with Gasteiger partial charge < -0.3 is 5.32 Å². The Morgan fingerprint density at radius 3 is 2.36 bits per heavy atom.